The summed E-state index contributed by atoms with van der Waals surface area (Å²) in [6.07, 6.45) is 4.93. The molecule has 8 nitrogen and oxygen atoms in total. The maximum Gasteiger partial charge on any atom is 0.123 e. The Bertz CT molecular complexity index is 971. The molecule has 0 spiro atoms. The predicted molar refractivity (Wildman–Crippen MR) is 173 cm³/mol. The Balaban J connectivity index is 0.000000566. The van der Waals surface area contributed by atoms with Crippen molar-refractivity contribution in [2.75, 3.05) is 0 Å². The maximum atomic E-state index is 8.73. The van der Waals surface area contributed by atoms with Gasteiger partial charge in [-0.1, -0.05) is 88.2 Å². The van der Waals surface area contributed by atoms with Gasteiger partial charge in [-0.3, -0.25) is 21.0 Å². The fourth-order valence-corrected chi connectivity index (χ4v) is 4.24. The first-order valence-corrected chi connectivity index (χ1v) is 15.2. The molecule has 248 valence electrons. The molecule has 0 amide bonds. The third kappa shape index (κ3) is 16.1. The van der Waals surface area contributed by atoms with Crippen molar-refractivity contribution in [3.05, 3.63) is 71.3 Å². The van der Waals surface area contributed by atoms with Gasteiger partial charge in [-0.15, -0.1) is 0 Å². The van der Waals surface area contributed by atoms with Crippen LogP contribution in [0.3, 0.4) is 0 Å². The molecule has 0 heterocycles. The maximum absolute atomic E-state index is 8.73. The van der Waals surface area contributed by atoms with Crippen LogP contribution in [0.2, 0.25) is 0 Å². The van der Waals surface area contributed by atoms with Gasteiger partial charge in [0.15, 0.2) is 0 Å². The van der Waals surface area contributed by atoms with Crippen molar-refractivity contribution < 1.29 is 40.6 Å². The smallest absolute Gasteiger partial charge is 0.123 e. The summed E-state index contributed by atoms with van der Waals surface area (Å²) < 4.78 is 0. The largest absolute Gasteiger partial charge is 0.251 e. The molecule has 2 aromatic rings. The topological polar surface area (TPSA) is 118 Å². The molecule has 8 heteroatoms. The van der Waals surface area contributed by atoms with E-state index in [2.05, 4.69) is 52.5 Å². The lowest BCUT2D eigenvalue weighted by Gasteiger charge is -2.35. The van der Waals surface area contributed by atoms with Crippen LogP contribution in [-0.2, 0) is 30.8 Å². The molecule has 0 atom stereocenters. The lowest BCUT2D eigenvalue weighted by Crippen LogP contribution is -2.35. The summed E-state index contributed by atoms with van der Waals surface area (Å²) >= 11 is 0. The van der Waals surface area contributed by atoms with Crippen molar-refractivity contribution in [2.24, 2.45) is 11.8 Å². The van der Waals surface area contributed by atoms with E-state index in [0.29, 0.717) is 11.8 Å². The lowest BCUT2D eigenvalue weighted by molar-refractivity contribution is -0.328. The minimum atomic E-state index is -0.629. The summed E-state index contributed by atoms with van der Waals surface area (Å²) in [5, 5.41) is 33.9. The normalized spacial score (nSPS) is 17.5. The second-order valence-corrected chi connectivity index (χ2v) is 14.2. The van der Waals surface area contributed by atoms with Crippen LogP contribution < -0.4 is 0 Å². The molecule has 1 saturated carbocycles. The van der Waals surface area contributed by atoms with Gasteiger partial charge < -0.3 is 0 Å². The number of hydrogen-bond donors (Lipinski definition) is 4. The highest BCUT2D eigenvalue weighted by molar-refractivity contribution is 5.28. The average molecular weight is 609 g/mol. The van der Waals surface area contributed by atoms with E-state index in [-0.39, 0.29) is 5.60 Å². The SMILES string of the molecule is CC(C)(C)OO.CC(C)(OO)c1ccccc1.CC(C)c1ccc(C(C)(C)OO)cc1.CC1CCC(C(C)(C)OO)CC1. The first kappa shape index (κ1) is 41.1. The molecule has 1 aliphatic rings. The molecule has 0 bridgehead atoms. The van der Waals surface area contributed by atoms with Crippen LogP contribution in [-0.4, -0.2) is 32.2 Å². The van der Waals surface area contributed by atoms with Gasteiger partial charge in [0.2, 0.25) is 0 Å². The van der Waals surface area contributed by atoms with Gasteiger partial charge in [0, 0.05) is 0 Å². The predicted octanol–water partition coefficient (Wildman–Crippen LogP) is 10.3. The Morgan fingerprint density at radius 2 is 0.977 bits per heavy atom. The van der Waals surface area contributed by atoms with Crippen molar-refractivity contribution >= 4 is 0 Å². The van der Waals surface area contributed by atoms with Crippen molar-refractivity contribution in [2.45, 2.75) is 137 Å². The van der Waals surface area contributed by atoms with E-state index in [0.717, 1.165) is 17.0 Å². The van der Waals surface area contributed by atoms with Crippen molar-refractivity contribution in [1.82, 2.24) is 0 Å². The number of rotatable bonds is 7. The number of hydrogen-bond acceptors (Lipinski definition) is 8. The zero-order chi connectivity index (χ0) is 33.5. The van der Waals surface area contributed by atoms with Crippen molar-refractivity contribution in [1.29, 1.82) is 0 Å². The highest BCUT2D eigenvalue weighted by Crippen LogP contribution is 2.36. The first-order chi connectivity index (χ1) is 19.8. The summed E-state index contributed by atoms with van der Waals surface area (Å²) in [5.74, 6) is 1.91. The van der Waals surface area contributed by atoms with Crippen LogP contribution in [0.15, 0.2) is 54.6 Å². The van der Waals surface area contributed by atoms with E-state index >= 15 is 0 Å². The Kier molecular flexibility index (Phi) is 18.0. The molecule has 0 unspecified atom stereocenters. The number of benzene rings is 2. The second-order valence-electron chi connectivity index (χ2n) is 14.2. The fourth-order valence-electron chi connectivity index (χ4n) is 4.24. The quantitative estimate of drug-likeness (QED) is 0.181. The van der Waals surface area contributed by atoms with E-state index in [1.165, 1.54) is 31.2 Å². The molecule has 0 radical (unpaired) electrons. The van der Waals surface area contributed by atoms with Crippen LogP contribution >= 0.6 is 0 Å². The van der Waals surface area contributed by atoms with Crippen molar-refractivity contribution in [3.8, 4) is 0 Å². The minimum Gasteiger partial charge on any atom is -0.251 e. The minimum absolute atomic E-state index is 0.347. The van der Waals surface area contributed by atoms with Gasteiger partial charge in [-0.2, -0.15) is 0 Å². The molecule has 0 aliphatic heterocycles. The summed E-state index contributed by atoms with van der Waals surface area (Å²) in [5.41, 5.74) is 1.24. The van der Waals surface area contributed by atoms with Gasteiger partial charge in [-0.05, 0) is 110 Å². The van der Waals surface area contributed by atoms with Crippen LogP contribution in [0.1, 0.15) is 131 Å². The van der Waals surface area contributed by atoms with E-state index < -0.39 is 16.8 Å². The summed E-state index contributed by atoms with van der Waals surface area (Å²) in [6, 6.07) is 17.7. The molecular weight excluding hydrogens is 548 g/mol. The fraction of sp³-hybridized carbons (Fsp3) is 0.657. The van der Waals surface area contributed by atoms with Gasteiger partial charge in [-0.25, -0.2) is 19.6 Å². The van der Waals surface area contributed by atoms with Crippen LogP contribution in [0.4, 0.5) is 0 Å². The second kappa shape index (κ2) is 18.8. The average Bonchev–Trinajstić information content (AvgIpc) is 2.98. The Hall–Kier alpha value is -1.88. The third-order valence-corrected chi connectivity index (χ3v) is 7.71. The zero-order valence-corrected chi connectivity index (χ0v) is 28.7. The molecule has 43 heavy (non-hydrogen) atoms. The van der Waals surface area contributed by atoms with E-state index in [1.54, 1.807) is 20.8 Å². The summed E-state index contributed by atoms with van der Waals surface area (Å²) in [7, 11) is 0. The van der Waals surface area contributed by atoms with Gasteiger partial charge in [0.05, 0.1) is 5.60 Å². The Morgan fingerprint density at radius 1 is 0.581 bits per heavy atom. The highest BCUT2D eigenvalue weighted by Gasteiger charge is 2.33. The summed E-state index contributed by atoms with van der Waals surface area (Å²) in [4.78, 5) is 17.2. The molecule has 1 aliphatic carbocycles. The molecule has 0 saturated heterocycles. The molecular formula is C35H60O8. The molecule has 0 aromatic heterocycles. The monoisotopic (exact) mass is 608 g/mol. The van der Waals surface area contributed by atoms with Crippen molar-refractivity contribution in [3.63, 3.8) is 0 Å². The lowest BCUT2D eigenvalue weighted by atomic mass is 9.75. The van der Waals surface area contributed by atoms with E-state index in [1.807, 2.05) is 84.0 Å². The van der Waals surface area contributed by atoms with Crippen LogP contribution in [0.5, 0.6) is 0 Å². The van der Waals surface area contributed by atoms with Crippen LogP contribution in [0.25, 0.3) is 0 Å². The molecule has 2 aromatic carbocycles. The van der Waals surface area contributed by atoms with Gasteiger partial charge >= 0.3 is 0 Å². The Labute approximate surface area is 260 Å². The van der Waals surface area contributed by atoms with E-state index in [4.69, 9.17) is 21.0 Å². The summed E-state index contributed by atoms with van der Waals surface area (Å²) in [6.45, 7) is 23.1. The standard InChI is InChI=1S/C12H18O2.C10H20O2.C9H12O2.C4H10O2/c1-9(2)10-5-7-11(8-6-10)12(3,4)14-13;1-8-4-6-9(7-5-8)10(2,3)12-11;1-9(2,11-10)8-6-4-3-5-7-8;1-4(2,3)6-5/h5-9,13H,1-4H3;8-9,11H,4-7H2,1-3H3;3-7,10H,1-2H3;5H,1-3H3. The third-order valence-electron chi connectivity index (χ3n) is 7.71. The first-order valence-electron chi connectivity index (χ1n) is 15.2. The van der Waals surface area contributed by atoms with Crippen LogP contribution in [0, 0.1) is 11.8 Å². The Morgan fingerprint density at radius 3 is 1.30 bits per heavy atom. The zero-order valence-electron chi connectivity index (χ0n) is 28.7. The molecule has 4 N–H and O–H groups in total. The van der Waals surface area contributed by atoms with E-state index in [9.17, 15) is 0 Å². The molecule has 1 fully saturated rings. The highest BCUT2D eigenvalue weighted by atomic mass is 17.1. The molecule has 3 rings (SSSR count). The van der Waals surface area contributed by atoms with Gasteiger partial charge in [0.25, 0.3) is 0 Å². The van der Waals surface area contributed by atoms with Gasteiger partial charge in [0.1, 0.15) is 16.8 Å².